The first-order valence-corrected chi connectivity index (χ1v) is 9.91. The first-order valence-electron chi connectivity index (χ1n) is 6.20. The molecule has 2 rings (SSSR count). The van der Waals surface area contributed by atoms with Crippen LogP contribution in [-0.2, 0) is 11.5 Å². The number of hydrogen-bond acceptors (Lipinski definition) is 5. The predicted octanol–water partition coefficient (Wildman–Crippen LogP) is 1.95. The van der Waals surface area contributed by atoms with E-state index < -0.39 is 8.07 Å². The zero-order valence-electron chi connectivity index (χ0n) is 11.5. The fourth-order valence-corrected chi connectivity index (χ4v) is 2.40. The van der Waals surface area contributed by atoms with Crippen molar-refractivity contribution in [3.05, 3.63) is 18.3 Å². The molecule has 6 nitrogen and oxygen atoms in total. The topological polar surface area (TPSA) is 69.9 Å². The van der Waals surface area contributed by atoms with E-state index in [9.17, 15) is 4.79 Å². The molecule has 0 amide bonds. The number of fused-ring (bicyclic) bond motifs is 1. The van der Waals surface area contributed by atoms with E-state index in [1.54, 1.807) is 10.8 Å². The van der Waals surface area contributed by atoms with Crippen LogP contribution in [0.5, 0.6) is 0 Å². The average molecular weight is 278 g/mol. The maximum atomic E-state index is 11.0. The molecule has 7 heteroatoms. The summed E-state index contributed by atoms with van der Waals surface area (Å²) in [5, 5.41) is 0. The number of aromatic nitrogens is 4. The minimum absolute atomic E-state index is 0.298. The Kier molecular flexibility index (Phi) is 4.06. The van der Waals surface area contributed by atoms with Crippen LogP contribution in [0.2, 0.25) is 25.7 Å². The lowest BCUT2D eigenvalue weighted by Crippen LogP contribution is -2.22. The second-order valence-corrected chi connectivity index (χ2v) is 11.2. The van der Waals surface area contributed by atoms with Crippen LogP contribution in [0.3, 0.4) is 0 Å². The highest BCUT2D eigenvalue weighted by Gasteiger charge is 2.14. The van der Waals surface area contributed by atoms with Gasteiger partial charge in [0.2, 0.25) is 0 Å². The monoisotopic (exact) mass is 278 g/mol. The Morgan fingerprint density at radius 1 is 1.42 bits per heavy atom. The average Bonchev–Trinajstić information content (AvgIpc) is 2.71. The third-order valence-electron chi connectivity index (χ3n) is 2.76. The van der Waals surface area contributed by atoms with E-state index in [0.717, 1.165) is 6.04 Å². The number of carbonyl (C=O) groups excluding carboxylic acids is 1. The first-order chi connectivity index (χ1) is 9.01. The molecule has 0 fully saturated rings. The molecule has 0 aliphatic rings. The summed E-state index contributed by atoms with van der Waals surface area (Å²) in [4.78, 5) is 23.2. The number of aldehydes is 1. The van der Waals surface area contributed by atoms with Gasteiger partial charge in [-0.05, 0) is 6.04 Å². The zero-order valence-corrected chi connectivity index (χ0v) is 12.5. The Labute approximate surface area is 112 Å². The Hall–Kier alpha value is -1.60. The molecule has 0 saturated carbocycles. The molecule has 0 bridgehead atoms. The Morgan fingerprint density at radius 2 is 2.21 bits per heavy atom. The number of nitrogens with zero attached hydrogens (tertiary/aromatic N) is 4. The summed E-state index contributed by atoms with van der Waals surface area (Å²) in [6.07, 6.45) is 3.74. The molecule has 0 N–H and O–H groups in total. The van der Waals surface area contributed by atoms with Gasteiger partial charge in [0, 0.05) is 14.7 Å². The second-order valence-electron chi connectivity index (χ2n) is 5.60. The van der Waals surface area contributed by atoms with Gasteiger partial charge in [-0.1, -0.05) is 19.6 Å². The van der Waals surface area contributed by atoms with Crippen molar-refractivity contribution in [1.29, 1.82) is 0 Å². The van der Waals surface area contributed by atoms with Crippen LogP contribution in [0.15, 0.2) is 12.5 Å². The number of ether oxygens (including phenoxy) is 1. The van der Waals surface area contributed by atoms with Gasteiger partial charge in [0.15, 0.2) is 17.8 Å². The fraction of sp³-hybridized carbons (Fsp3) is 0.500. The van der Waals surface area contributed by atoms with Crippen LogP contribution in [0, 0.1) is 0 Å². The molecule has 0 aliphatic heterocycles. The van der Waals surface area contributed by atoms with E-state index in [4.69, 9.17) is 4.74 Å². The highest BCUT2D eigenvalue weighted by molar-refractivity contribution is 6.76. The number of rotatable bonds is 6. The standard InChI is InChI=1S/C12H18N4O2Si/c1-19(2,3)5-4-18-9-16-11(7-17)15-10-6-13-8-14-12(10)16/h6-8H,4-5,9H2,1-3H3. The lowest BCUT2D eigenvalue weighted by atomic mass is 10.6. The van der Waals surface area contributed by atoms with Crippen LogP contribution < -0.4 is 0 Å². The lowest BCUT2D eigenvalue weighted by Gasteiger charge is -2.15. The van der Waals surface area contributed by atoms with Crippen LogP contribution in [0.4, 0.5) is 0 Å². The van der Waals surface area contributed by atoms with E-state index in [2.05, 4.69) is 34.6 Å². The molecule has 102 valence electrons. The molecule has 0 spiro atoms. The number of imidazole rings is 1. The van der Waals surface area contributed by atoms with Crippen LogP contribution in [0.25, 0.3) is 11.2 Å². The first kappa shape index (κ1) is 13.8. The van der Waals surface area contributed by atoms with Crippen molar-refractivity contribution in [2.45, 2.75) is 32.4 Å². The van der Waals surface area contributed by atoms with Crippen molar-refractivity contribution >= 4 is 25.5 Å². The van der Waals surface area contributed by atoms with E-state index in [-0.39, 0.29) is 0 Å². The van der Waals surface area contributed by atoms with Crippen molar-refractivity contribution in [3.63, 3.8) is 0 Å². The van der Waals surface area contributed by atoms with E-state index in [1.165, 1.54) is 6.33 Å². The smallest absolute Gasteiger partial charge is 0.185 e. The van der Waals surface area contributed by atoms with Gasteiger partial charge >= 0.3 is 0 Å². The summed E-state index contributed by atoms with van der Waals surface area (Å²) in [5.74, 6) is 0.323. The Bertz CT molecular complexity index is 577. The maximum Gasteiger partial charge on any atom is 0.185 e. The van der Waals surface area contributed by atoms with Gasteiger partial charge in [0.05, 0.1) is 6.20 Å². The largest absolute Gasteiger partial charge is 0.361 e. The minimum atomic E-state index is -1.10. The quantitative estimate of drug-likeness (QED) is 0.459. The van der Waals surface area contributed by atoms with Gasteiger partial charge < -0.3 is 4.74 Å². The molecule has 19 heavy (non-hydrogen) atoms. The molecule has 0 radical (unpaired) electrons. The van der Waals surface area contributed by atoms with Gasteiger partial charge in [0.1, 0.15) is 18.6 Å². The van der Waals surface area contributed by atoms with Crippen LogP contribution in [-0.4, -0.2) is 40.5 Å². The van der Waals surface area contributed by atoms with E-state index >= 15 is 0 Å². The normalized spacial score (nSPS) is 11.9. The zero-order chi connectivity index (χ0) is 13.9. The van der Waals surface area contributed by atoms with E-state index in [1.807, 2.05) is 0 Å². The van der Waals surface area contributed by atoms with Gasteiger partial charge in [-0.3, -0.25) is 9.36 Å². The molecule has 0 saturated heterocycles. The summed E-state index contributed by atoms with van der Waals surface area (Å²) in [6, 6.07) is 1.09. The van der Waals surface area contributed by atoms with Crippen molar-refractivity contribution < 1.29 is 9.53 Å². The Morgan fingerprint density at radius 3 is 2.89 bits per heavy atom. The fourth-order valence-electron chi connectivity index (χ4n) is 1.65. The highest BCUT2D eigenvalue weighted by atomic mass is 28.3. The third-order valence-corrected chi connectivity index (χ3v) is 4.47. The third kappa shape index (κ3) is 3.45. The van der Waals surface area contributed by atoms with Gasteiger partial charge in [-0.2, -0.15) is 0 Å². The number of carbonyl (C=O) groups is 1. The second kappa shape index (κ2) is 5.58. The molecule has 0 atom stereocenters. The van der Waals surface area contributed by atoms with Crippen LogP contribution in [0.1, 0.15) is 10.6 Å². The number of hydrogen-bond donors (Lipinski definition) is 0. The van der Waals surface area contributed by atoms with Gasteiger partial charge in [0.25, 0.3) is 0 Å². The molecule has 0 aromatic carbocycles. The lowest BCUT2D eigenvalue weighted by molar-refractivity contribution is 0.0853. The Balaban J connectivity index is 2.09. The van der Waals surface area contributed by atoms with Gasteiger partial charge in [-0.25, -0.2) is 15.0 Å². The molecular weight excluding hydrogens is 260 g/mol. The van der Waals surface area contributed by atoms with Crippen LogP contribution >= 0.6 is 0 Å². The van der Waals surface area contributed by atoms with Gasteiger partial charge in [-0.15, -0.1) is 0 Å². The SMILES string of the molecule is C[Si](C)(C)CCOCn1c(C=O)nc2cncnc21. The molecule has 2 aromatic heterocycles. The molecule has 0 aliphatic carbocycles. The molecule has 2 aromatic rings. The summed E-state index contributed by atoms with van der Waals surface area (Å²) in [7, 11) is -1.10. The van der Waals surface area contributed by atoms with Crippen molar-refractivity contribution in [2.24, 2.45) is 0 Å². The summed E-state index contributed by atoms with van der Waals surface area (Å²) in [5.41, 5.74) is 1.24. The molecular formula is C12H18N4O2Si. The predicted molar refractivity (Wildman–Crippen MR) is 74.8 cm³/mol. The molecule has 2 heterocycles. The van der Waals surface area contributed by atoms with Crippen molar-refractivity contribution in [2.75, 3.05) is 6.61 Å². The molecule has 0 unspecified atom stereocenters. The summed E-state index contributed by atoms with van der Waals surface area (Å²) < 4.78 is 7.32. The van der Waals surface area contributed by atoms with Crippen molar-refractivity contribution in [1.82, 2.24) is 19.5 Å². The summed E-state index contributed by atoms with van der Waals surface area (Å²) in [6.45, 7) is 7.89. The van der Waals surface area contributed by atoms with Crippen molar-refractivity contribution in [3.8, 4) is 0 Å². The highest BCUT2D eigenvalue weighted by Crippen LogP contribution is 2.12. The maximum absolute atomic E-state index is 11.0. The summed E-state index contributed by atoms with van der Waals surface area (Å²) >= 11 is 0. The minimum Gasteiger partial charge on any atom is -0.361 e. The van der Waals surface area contributed by atoms with E-state index in [0.29, 0.717) is 36.6 Å².